The van der Waals surface area contributed by atoms with E-state index in [0.717, 1.165) is 55.1 Å². The standard InChI is InChI=1S/C22H26ClN5O/c1-2-21-24-10-14-27(21)13-9-22(29)28-11-7-16(8-12-28)19-15-20(26-25-19)17-5-3-4-6-18(17)23/h3-6,10,14-16H,2,7-9,11-13H2,1H3,(H,25,26). The summed E-state index contributed by atoms with van der Waals surface area (Å²) in [5, 5.41) is 8.34. The first-order chi connectivity index (χ1) is 14.2. The molecule has 0 atom stereocenters. The molecule has 2 aromatic heterocycles. The van der Waals surface area contributed by atoms with Crippen molar-refractivity contribution in [1.82, 2.24) is 24.6 Å². The predicted octanol–water partition coefficient (Wildman–Crippen LogP) is 4.29. The maximum Gasteiger partial charge on any atom is 0.224 e. The number of aromatic nitrogens is 4. The molecule has 0 spiro atoms. The van der Waals surface area contributed by atoms with Gasteiger partial charge in [-0.25, -0.2) is 4.98 Å². The Morgan fingerprint density at radius 2 is 2.07 bits per heavy atom. The fourth-order valence-corrected chi connectivity index (χ4v) is 4.26. The number of H-pyrrole nitrogens is 1. The van der Waals surface area contributed by atoms with Crippen LogP contribution >= 0.6 is 11.6 Å². The van der Waals surface area contributed by atoms with E-state index in [1.165, 1.54) is 0 Å². The minimum absolute atomic E-state index is 0.223. The van der Waals surface area contributed by atoms with Gasteiger partial charge in [0.2, 0.25) is 5.91 Å². The van der Waals surface area contributed by atoms with Crippen LogP contribution in [0.5, 0.6) is 0 Å². The highest BCUT2D eigenvalue weighted by atomic mass is 35.5. The molecule has 1 saturated heterocycles. The number of hydrogen-bond acceptors (Lipinski definition) is 3. The minimum atomic E-state index is 0.223. The van der Waals surface area contributed by atoms with Crippen LogP contribution in [0.15, 0.2) is 42.7 Å². The second-order valence-electron chi connectivity index (χ2n) is 7.48. The van der Waals surface area contributed by atoms with Gasteiger partial charge in [-0.05, 0) is 25.0 Å². The molecule has 1 amide bonds. The number of piperidine rings is 1. The molecule has 1 aliphatic rings. The minimum Gasteiger partial charge on any atom is -0.343 e. The van der Waals surface area contributed by atoms with E-state index >= 15 is 0 Å². The summed E-state index contributed by atoms with van der Waals surface area (Å²) in [6.07, 6.45) is 7.05. The summed E-state index contributed by atoms with van der Waals surface area (Å²) in [6.45, 7) is 4.35. The number of carbonyl (C=O) groups is 1. The fraction of sp³-hybridized carbons (Fsp3) is 0.409. The van der Waals surface area contributed by atoms with Gasteiger partial charge in [0.25, 0.3) is 0 Å². The molecule has 152 valence electrons. The third-order valence-electron chi connectivity index (χ3n) is 5.72. The van der Waals surface area contributed by atoms with Gasteiger partial charge in [0.05, 0.1) is 10.7 Å². The third-order valence-corrected chi connectivity index (χ3v) is 6.05. The highest BCUT2D eigenvalue weighted by molar-refractivity contribution is 6.33. The topological polar surface area (TPSA) is 66.8 Å². The maximum atomic E-state index is 12.6. The first-order valence-electron chi connectivity index (χ1n) is 10.2. The summed E-state index contributed by atoms with van der Waals surface area (Å²) in [5.74, 6) is 1.65. The molecule has 0 unspecified atom stereocenters. The zero-order valence-electron chi connectivity index (χ0n) is 16.6. The van der Waals surface area contributed by atoms with Crippen LogP contribution < -0.4 is 0 Å². The Kier molecular flexibility index (Phi) is 6.00. The third kappa shape index (κ3) is 4.37. The van der Waals surface area contributed by atoms with Crippen LogP contribution in [0.1, 0.15) is 43.6 Å². The molecule has 1 aromatic carbocycles. The first kappa shape index (κ1) is 19.7. The van der Waals surface area contributed by atoms with Crippen LogP contribution in [0.2, 0.25) is 5.02 Å². The Morgan fingerprint density at radius 1 is 1.28 bits per heavy atom. The number of aromatic amines is 1. The molecule has 1 aliphatic heterocycles. The van der Waals surface area contributed by atoms with Crippen molar-refractivity contribution in [1.29, 1.82) is 0 Å². The van der Waals surface area contributed by atoms with Crippen molar-refractivity contribution in [3.05, 3.63) is 59.3 Å². The molecule has 0 bridgehead atoms. The van der Waals surface area contributed by atoms with E-state index in [0.29, 0.717) is 23.9 Å². The number of rotatable bonds is 6. The van der Waals surface area contributed by atoms with Crippen LogP contribution in [0.4, 0.5) is 0 Å². The second-order valence-corrected chi connectivity index (χ2v) is 7.89. The monoisotopic (exact) mass is 411 g/mol. The number of halogens is 1. The van der Waals surface area contributed by atoms with Crippen molar-refractivity contribution >= 4 is 17.5 Å². The maximum absolute atomic E-state index is 12.6. The molecule has 29 heavy (non-hydrogen) atoms. The zero-order valence-corrected chi connectivity index (χ0v) is 17.4. The van der Waals surface area contributed by atoms with Gasteiger partial charge < -0.3 is 9.47 Å². The van der Waals surface area contributed by atoms with Gasteiger partial charge in [0.1, 0.15) is 5.82 Å². The van der Waals surface area contributed by atoms with Gasteiger partial charge in [-0.1, -0.05) is 36.7 Å². The van der Waals surface area contributed by atoms with Gasteiger partial charge in [-0.3, -0.25) is 9.89 Å². The van der Waals surface area contributed by atoms with E-state index in [9.17, 15) is 4.79 Å². The van der Waals surface area contributed by atoms with Crippen LogP contribution in [0.25, 0.3) is 11.3 Å². The number of nitrogens with zero attached hydrogens (tertiary/aromatic N) is 4. The summed E-state index contributed by atoms with van der Waals surface area (Å²) in [4.78, 5) is 18.9. The molecule has 1 N–H and O–H groups in total. The van der Waals surface area contributed by atoms with Crippen molar-refractivity contribution in [3.8, 4) is 11.3 Å². The van der Waals surface area contributed by atoms with E-state index in [2.05, 4.69) is 32.7 Å². The van der Waals surface area contributed by atoms with Gasteiger partial charge >= 0.3 is 0 Å². The first-order valence-corrected chi connectivity index (χ1v) is 10.6. The molecule has 3 heterocycles. The van der Waals surface area contributed by atoms with Crippen molar-refractivity contribution in [2.45, 2.75) is 45.1 Å². The average molecular weight is 412 g/mol. The Balaban J connectivity index is 1.31. The van der Waals surface area contributed by atoms with E-state index < -0.39 is 0 Å². The molecule has 0 saturated carbocycles. The number of hydrogen-bond donors (Lipinski definition) is 1. The summed E-state index contributed by atoms with van der Waals surface area (Å²) < 4.78 is 2.07. The average Bonchev–Trinajstić information content (AvgIpc) is 3.42. The fourth-order valence-electron chi connectivity index (χ4n) is 4.02. The van der Waals surface area contributed by atoms with Gasteiger partial charge in [0.15, 0.2) is 0 Å². The molecule has 1 fully saturated rings. The van der Waals surface area contributed by atoms with Gasteiger partial charge in [0, 0.05) is 62.0 Å². The quantitative estimate of drug-likeness (QED) is 0.658. The normalized spacial score (nSPS) is 15.0. The van der Waals surface area contributed by atoms with Crippen LogP contribution in [-0.2, 0) is 17.8 Å². The summed E-state index contributed by atoms with van der Waals surface area (Å²) in [5.41, 5.74) is 2.93. The number of amides is 1. The lowest BCUT2D eigenvalue weighted by Gasteiger charge is -2.31. The van der Waals surface area contributed by atoms with E-state index in [-0.39, 0.29) is 5.91 Å². The smallest absolute Gasteiger partial charge is 0.224 e. The van der Waals surface area contributed by atoms with Crippen molar-refractivity contribution in [2.75, 3.05) is 13.1 Å². The van der Waals surface area contributed by atoms with Crippen molar-refractivity contribution in [3.63, 3.8) is 0 Å². The highest BCUT2D eigenvalue weighted by Crippen LogP contribution is 2.31. The Morgan fingerprint density at radius 3 is 2.83 bits per heavy atom. The number of likely N-dealkylation sites (tertiary alicyclic amines) is 1. The van der Waals surface area contributed by atoms with Crippen molar-refractivity contribution in [2.24, 2.45) is 0 Å². The molecular weight excluding hydrogens is 386 g/mol. The highest BCUT2D eigenvalue weighted by Gasteiger charge is 2.25. The molecule has 7 heteroatoms. The number of imidazole rings is 1. The molecule has 3 aromatic rings. The summed E-state index contributed by atoms with van der Waals surface area (Å²) in [6, 6.07) is 9.83. The van der Waals surface area contributed by atoms with E-state index in [1.807, 2.05) is 35.4 Å². The Labute approximate surface area is 175 Å². The zero-order chi connectivity index (χ0) is 20.2. The molecule has 0 aliphatic carbocycles. The lowest BCUT2D eigenvalue weighted by atomic mass is 9.93. The van der Waals surface area contributed by atoms with Gasteiger partial charge in [-0.2, -0.15) is 5.10 Å². The SMILES string of the molecule is CCc1nccn1CCC(=O)N1CCC(c2cc(-c3ccccc3Cl)n[nH]2)CC1. The summed E-state index contributed by atoms with van der Waals surface area (Å²) >= 11 is 6.29. The Hall–Kier alpha value is -2.60. The van der Waals surface area contributed by atoms with E-state index in [4.69, 9.17) is 11.6 Å². The number of benzene rings is 1. The van der Waals surface area contributed by atoms with E-state index in [1.54, 1.807) is 6.20 Å². The Bertz CT molecular complexity index is 971. The number of nitrogens with one attached hydrogen (secondary N) is 1. The summed E-state index contributed by atoms with van der Waals surface area (Å²) in [7, 11) is 0. The number of carbonyl (C=O) groups excluding carboxylic acids is 1. The molecule has 0 radical (unpaired) electrons. The number of aryl methyl sites for hydroxylation is 2. The molecule has 6 nitrogen and oxygen atoms in total. The second kappa shape index (κ2) is 8.82. The molecule has 4 rings (SSSR count). The van der Waals surface area contributed by atoms with Gasteiger partial charge in [-0.15, -0.1) is 0 Å². The lowest BCUT2D eigenvalue weighted by Crippen LogP contribution is -2.38. The van der Waals surface area contributed by atoms with Crippen LogP contribution in [0, 0.1) is 0 Å². The van der Waals surface area contributed by atoms with Crippen molar-refractivity contribution < 1.29 is 4.79 Å². The predicted molar refractivity (Wildman–Crippen MR) is 114 cm³/mol. The van der Waals surface area contributed by atoms with Crippen LogP contribution in [-0.4, -0.2) is 43.6 Å². The van der Waals surface area contributed by atoms with Crippen LogP contribution in [0.3, 0.4) is 0 Å². The lowest BCUT2D eigenvalue weighted by molar-refractivity contribution is -0.132. The molecular formula is C22H26ClN5O. The largest absolute Gasteiger partial charge is 0.343 e.